The van der Waals surface area contributed by atoms with Crippen LogP contribution in [-0.4, -0.2) is 28.9 Å². The van der Waals surface area contributed by atoms with Gasteiger partial charge in [-0.15, -0.1) is 0 Å². The molecular weight excluding hydrogens is 410 g/mol. The van der Waals surface area contributed by atoms with Crippen LogP contribution in [0.2, 0.25) is 0 Å². The molecule has 4 N–H and O–H groups in total. The highest BCUT2D eigenvalue weighted by Gasteiger charge is 2.34. The highest BCUT2D eigenvalue weighted by molar-refractivity contribution is 6.04. The molecule has 0 fully saturated rings. The largest absolute Gasteiger partial charge is 0.497 e. The number of hydrogen-bond acceptors (Lipinski definition) is 6. The van der Waals surface area contributed by atoms with Crippen molar-refractivity contribution in [1.29, 1.82) is 0 Å². The molecule has 164 valence electrons. The monoisotopic (exact) mass is 433 g/mol. The van der Waals surface area contributed by atoms with E-state index in [1.807, 2.05) is 19.1 Å². The third-order valence-electron chi connectivity index (χ3n) is 5.25. The van der Waals surface area contributed by atoms with E-state index in [0.29, 0.717) is 17.1 Å². The van der Waals surface area contributed by atoms with Crippen molar-refractivity contribution >= 4 is 35.0 Å². The Morgan fingerprint density at radius 2 is 1.78 bits per heavy atom. The van der Waals surface area contributed by atoms with Gasteiger partial charge < -0.3 is 20.7 Å². The van der Waals surface area contributed by atoms with Gasteiger partial charge in [0.05, 0.1) is 18.6 Å². The molecule has 0 saturated heterocycles. The fourth-order valence-corrected chi connectivity index (χ4v) is 3.52. The topological polar surface area (TPSA) is 125 Å². The van der Waals surface area contributed by atoms with Gasteiger partial charge in [-0.25, -0.2) is 0 Å². The summed E-state index contributed by atoms with van der Waals surface area (Å²) in [5.41, 5.74) is 2.05. The summed E-state index contributed by atoms with van der Waals surface area (Å²) in [4.78, 5) is 45.0. The van der Waals surface area contributed by atoms with Gasteiger partial charge in [-0.3, -0.25) is 19.4 Å². The first-order chi connectivity index (χ1) is 15.5. The molecule has 32 heavy (non-hydrogen) atoms. The molecule has 1 unspecified atom stereocenters. The number of benzene rings is 2. The van der Waals surface area contributed by atoms with Crippen LogP contribution in [0.1, 0.15) is 30.4 Å². The van der Waals surface area contributed by atoms with Crippen LogP contribution in [0.5, 0.6) is 5.75 Å². The van der Waals surface area contributed by atoms with Gasteiger partial charge >= 0.3 is 0 Å². The van der Waals surface area contributed by atoms with E-state index in [9.17, 15) is 14.4 Å². The number of carbonyl (C=O) groups is 2. The molecule has 2 aromatic carbocycles. The third-order valence-corrected chi connectivity index (χ3v) is 5.25. The minimum Gasteiger partial charge on any atom is -0.497 e. The Kier molecular flexibility index (Phi) is 5.89. The number of carbonyl (C=O) groups excluding carboxylic acids is 2. The first-order valence-electron chi connectivity index (χ1n) is 10.2. The van der Waals surface area contributed by atoms with Crippen molar-refractivity contribution in [3.8, 4) is 5.75 Å². The van der Waals surface area contributed by atoms with Gasteiger partial charge in [0.25, 0.3) is 5.56 Å². The number of H-pyrrole nitrogens is 1. The molecule has 1 aliphatic rings. The number of amides is 2. The SMILES string of the molecule is CCc1ccc(NC(=O)C2CC(=O)Nc3nc(Nc4ccc(OC)cc4)[nH]c(=O)c32)cc1. The van der Waals surface area contributed by atoms with Crippen molar-refractivity contribution in [3.63, 3.8) is 0 Å². The summed E-state index contributed by atoms with van der Waals surface area (Å²) in [7, 11) is 1.57. The Hall–Kier alpha value is -4.14. The minimum atomic E-state index is -0.948. The molecule has 1 atom stereocenters. The molecule has 1 aromatic heterocycles. The molecule has 2 heterocycles. The lowest BCUT2D eigenvalue weighted by atomic mass is 9.92. The molecule has 0 saturated carbocycles. The number of aromatic amines is 1. The Morgan fingerprint density at radius 3 is 2.44 bits per heavy atom. The first-order valence-corrected chi connectivity index (χ1v) is 10.2. The summed E-state index contributed by atoms with van der Waals surface area (Å²) in [6.07, 6.45) is 0.750. The minimum absolute atomic E-state index is 0.0718. The van der Waals surface area contributed by atoms with Gasteiger partial charge in [0.1, 0.15) is 11.6 Å². The summed E-state index contributed by atoms with van der Waals surface area (Å²) in [6, 6.07) is 14.5. The number of aromatic nitrogens is 2. The smallest absolute Gasteiger partial charge is 0.258 e. The number of hydrogen-bond donors (Lipinski definition) is 4. The van der Waals surface area contributed by atoms with Crippen molar-refractivity contribution in [2.45, 2.75) is 25.7 Å². The molecular formula is C23H23N5O4. The first kappa shape index (κ1) is 21.1. The number of aryl methyl sites for hydroxylation is 1. The van der Waals surface area contributed by atoms with Crippen LogP contribution in [-0.2, 0) is 16.0 Å². The molecule has 0 radical (unpaired) electrons. The Balaban J connectivity index is 1.59. The zero-order chi connectivity index (χ0) is 22.7. The number of methoxy groups -OCH3 is 1. The molecule has 0 spiro atoms. The number of nitrogens with one attached hydrogen (secondary N) is 4. The van der Waals surface area contributed by atoms with Crippen molar-refractivity contribution in [1.82, 2.24) is 9.97 Å². The molecule has 2 amide bonds. The summed E-state index contributed by atoms with van der Waals surface area (Å²) < 4.78 is 5.13. The fraction of sp³-hybridized carbons (Fsp3) is 0.217. The second-order valence-electron chi connectivity index (χ2n) is 7.37. The van der Waals surface area contributed by atoms with Crippen molar-refractivity contribution in [2.75, 3.05) is 23.1 Å². The maximum Gasteiger partial charge on any atom is 0.258 e. The lowest BCUT2D eigenvalue weighted by Gasteiger charge is -2.23. The summed E-state index contributed by atoms with van der Waals surface area (Å²) >= 11 is 0. The van der Waals surface area contributed by atoms with Crippen LogP contribution >= 0.6 is 0 Å². The Morgan fingerprint density at radius 1 is 1.09 bits per heavy atom. The molecule has 1 aliphatic heterocycles. The van der Waals surface area contributed by atoms with E-state index in [4.69, 9.17) is 4.74 Å². The van der Waals surface area contributed by atoms with Gasteiger partial charge in [0.2, 0.25) is 17.8 Å². The normalized spacial score (nSPS) is 14.8. The van der Waals surface area contributed by atoms with E-state index in [2.05, 4.69) is 25.9 Å². The lowest BCUT2D eigenvalue weighted by molar-refractivity contribution is -0.123. The Bertz CT molecular complexity index is 1200. The fourth-order valence-electron chi connectivity index (χ4n) is 3.52. The molecule has 9 heteroatoms. The van der Waals surface area contributed by atoms with Gasteiger partial charge in [-0.1, -0.05) is 19.1 Å². The van der Waals surface area contributed by atoms with Gasteiger partial charge in [0, 0.05) is 17.8 Å². The Labute approximate surface area is 184 Å². The summed E-state index contributed by atoms with van der Waals surface area (Å²) in [6.45, 7) is 2.04. The molecule has 4 rings (SSSR count). The van der Waals surface area contributed by atoms with E-state index in [1.54, 1.807) is 43.5 Å². The van der Waals surface area contributed by atoms with E-state index in [0.717, 1.165) is 12.0 Å². The van der Waals surface area contributed by atoms with Crippen LogP contribution in [0.3, 0.4) is 0 Å². The molecule has 9 nitrogen and oxygen atoms in total. The standard InChI is InChI=1S/C23H23N5O4/c1-3-13-4-6-14(7-5-13)24-21(30)17-12-18(29)26-20-19(17)22(31)28-23(27-20)25-15-8-10-16(32-2)11-9-15/h4-11,17H,3,12H2,1-2H3,(H,24,30)(H3,25,26,27,28,29,31). The van der Waals surface area contributed by atoms with Crippen LogP contribution in [0.25, 0.3) is 0 Å². The second kappa shape index (κ2) is 8.93. The third kappa shape index (κ3) is 4.46. The average Bonchev–Trinajstić information content (AvgIpc) is 2.79. The van der Waals surface area contributed by atoms with Crippen LogP contribution in [0.4, 0.5) is 23.1 Å². The highest BCUT2D eigenvalue weighted by atomic mass is 16.5. The number of ether oxygens (including phenoxy) is 1. The van der Waals surface area contributed by atoms with E-state index in [1.165, 1.54) is 0 Å². The lowest BCUT2D eigenvalue weighted by Crippen LogP contribution is -2.36. The number of anilines is 4. The summed E-state index contributed by atoms with van der Waals surface area (Å²) in [5.74, 6) is -0.859. The van der Waals surface area contributed by atoms with E-state index >= 15 is 0 Å². The van der Waals surface area contributed by atoms with Crippen LogP contribution < -0.4 is 26.2 Å². The van der Waals surface area contributed by atoms with Crippen LogP contribution in [0.15, 0.2) is 53.3 Å². The summed E-state index contributed by atoms with van der Waals surface area (Å²) in [5, 5.41) is 8.37. The van der Waals surface area contributed by atoms with E-state index < -0.39 is 17.4 Å². The predicted molar refractivity (Wildman–Crippen MR) is 122 cm³/mol. The molecule has 3 aromatic rings. The number of rotatable bonds is 6. The van der Waals surface area contributed by atoms with Gasteiger partial charge in [-0.05, 0) is 48.4 Å². The quantitative estimate of drug-likeness (QED) is 0.473. The zero-order valence-electron chi connectivity index (χ0n) is 17.7. The number of nitrogens with zero attached hydrogens (tertiary/aromatic N) is 1. The maximum atomic E-state index is 12.9. The zero-order valence-corrected chi connectivity index (χ0v) is 17.7. The predicted octanol–water partition coefficient (Wildman–Crippen LogP) is 3.15. The average molecular weight is 433 g/mol. The van der Waals surface area contributed by atoms with Gasteiger partial charge in [0.15, 0.2) is 0 Å². The van der Waals surface area contributed by atoms with Crippen molar-refractivity contribution in [2.24, 2.45) is 0 Å². The highest BCUT2D eigenvalue weighted by Crippen LogP contribution is 2.30. The molecule has 0 aliphatic carbocycles. The molecule has 0 bridgehead atoms. The maximum absolute atomic E-state index is 12.9. The van der Waals surface area contributed by atoms with E-state index in [-0.39, 0.29) is 29.7 Å². The van der Waals surface area contributed by atoms with Gasteiger partial charge in [-0.2, -0.15) is 4.98 Å². The van der Waals surface area contributed by atoms with Crippen molar-refractivity contribution in [3.05, 3.63) is 70.0 Å². The second-order valence-corrected chi connectivity index (χ2v) is 7.37. The van der Waals surface area contributed by atoms with Crippen LogP contribution in [0, 0.1) is 0 Å². The van der Waals surface area contributed by atoms with Crippen molar-refractivity contribution < 1.29 is 14.3 Å². The number of fused-ring (bicyclic) bond motifs is 1.